The maximum Gasteiger partial charge on any atom is 0.173 e. The molecular weight excluding hydrogens is 264 g/mol. The van der Waals surface area contributed by atoms with Crippen LogP contribution < -0.4 is 4.74 Å². The van der Waals surface area contributed by atoms with E-state index in [0.29, 0.717) is 24.2 Å². The summed E-state index contributed by atoms with van der Waals surface area (Å²) in [5.41, 5.74) is 0.254. The average Bonchev–Trinajstić information content (AvgIpc) is 2.78. The summed E-state index contributed by atoms with van der Waals surface area (Å²) < 4.78 is 5.95. The van der Waals surface area contributed by atoms with E-state index in [-0.39, 0.29) is 11.9 Å². The molecular formula is C18H16O3. The standard InChI is InChI=1S/C18H16O3/c19-17-14-8-4-5-9-16(14)21-13-10-15(17)18(20,11-13)12-6-2-1-3-7-12/h1-9,13,15,20H,10-11H2/t13-,15-,18+/m0/s1. The van der Waals surface area contributed by atoms with Crippen LogP contribution in [-0.4, -0.2) is 17.0 Å². The molecule has 0 spiro atoms. The molecule has 1 saturated carbocycles. The zero-order valence-corrected chi connectivity index (χ0v) is 11.5. The summed E-state index contributed by atoms with van der Waals surface area (Å²) in [4.78, 5) is 12.8. The van der Waals surface area contributed by atoms with Gasteiger partial charge in [-0.25, -0.2) is 0 Å². The van der Waals surface area contributed by atoms with E-state index in [1.807, 2.05) is 48.5 Å². The second-order valence-electron chi connectivity index (χ2n) is 5.88. The summed E-state index contributed by atoms with van der Waals surface area (Å²) in [7, 11) is 0. The molecule has 2 bridgehead atoms. The van der Waals surface area contributed by atoms with Gasteiger partial charge in [0.15, 0.2) is 5.78 Å². The molecule has 3 nitrogen and oxygen atoms in total. The number of rotatable bonds is 1. The van der Waals surface area contributed by atoms with Gasteiger partial charge >= 0.3 is 0 Å². The molecule has 0 radical (unpaired) electrons. The molecule has 1 aliphatic heterocycles. The average molecular weight is 280 g/mol. The smallest absolute Gasteiger partial charge is 0.173 e. The minimum Gasteiger partial charge on any atom is -0.490 e. The van der Waals surface area contributed by atoms with Crippen molar-refractivity contribution in [2.45, 2.75) is 24.5 Å². The Hall–Kier alpha value is -2.13. The molecule has 3 atom stereocenters. The molecule has 0 amide bonds. The highest BCUT2D eigenvalue weighted by atomic mass is 16.5. The number of hydrogen-bond acceptors (Lipinski definition) is 3. The van der Waals surface area contributed by atoms with Crippen molar-refractivity contribution in [3.8, 4) is 5.75 Å². The van der Waals surface area contributed by atoms with Gasteiger partial charge in [0, 0.05) is 6.42 Å². The van der Waals surface area contributed by atoms with Gasteiger partial charge in [-0.1, -0.05) is 42.5 Å². The monoisotopic (exact) mass is 280 g/mol. The van der Waals surface area contributed by atoms with Crippen LogP contribution in [0.15, 0.2) is 54.6 Å². The number of ketones is 1. The maximum atomic E-state index is 12.8. The molecule has 0 saturated heterocycles. The summed E-state index contributed by atoms with van der Waals surface area (Å²) >= 11 is 0. The third-order valence-electron chi connectivity index (χ3n) is 4.65. The van der Waals surface area contributed by atoms with Gasteiger partial charge in [-0.15, -0.1) is 0 Å². The molecule has 0 aromatic heterocycles. The minimum atomic E-state index is -1.13. The van der Waals surface area contributed by atoms with E-state index in [1.165, 1.54) is 0 Å². The number of fused-ring (bicyclic) bond motifs is 3. The summed E-state index contributed by atoms with van der Waals surface area (Å²) in [6.07, 6.45) is 0.911. The number of hydrogen-bond donors (Lipinski definition) is 1. The molecule has 1 fully saturated rings. The van der Waals surface area contributed by atoms with Crippen LogP contribution in [0.2, 0.25) is 0 Å². The topological polar surface area (TPSA) is 46.5 Å². The number of para-hydroxylation sites is 1. The van der Waals surface area contributed by atoms with Gasteiger partial charge in [0.2, 0.25) is 0 Å². The molecule has 2 aliphatic rings. The van der Waals surface area contributed by atoms with Gasteiger partial charge in [-0.05, 0) is 24.1 Å². The molecule has 2 aromatic carbocycles. The van der Waals surface area contributed by atoms with E-state index in [9.17, 15) is 9.90 Å². The molecule has 1 heterocycles. The van der Waals surface area contributed by atoms with Crippen LogP contribution in [0.4, 0.5) is 0 Å². The van der Waals surface area contributed by atoms with Gasteiger partial charge in [0.25, 0.3) is 0 Å². The first-order valence-corrected chi connectivity index (χ1v) is 7.26. The quantitative estimate of drug-likeness (QED) is 0.873. The number of ether oxygens (including phenoxy) is 1. The second kappa shape index (κ2) is 4.43. The van der Waals surface area contributed by atoms with Crippen LogP contribution >= 0.6 is 0 Å². The molecule has 106 valence electrons. The fourth-order valence-electron chi connectivity index (χ4n) is 3.63. The van der Waals surface area contributed by atoms with Gasteiger partial charge in [0.05, 0.1) is 11.5 Å². The Bertz CT molecular complexity index is 695. The molecule has 2 aromatic rings. The van der Waals surface area contributed by atoms with Crippen molar-refractivity contribution in [2.75, 3.05) is 0 Å². The summed E-state index contributed by atoms with van der Waals surface area (Å²) in [6.45, 7) is 0. The zero-order valence-electron chi connectivity index (χ0n) is 11.5. The third kappa shape index (κ3) is 1.81. The number of benzene rings is 2. The van der Waals surface area contributed by atoms with Crippen molar-refractivity contribution in [1.82, 2.24) is 0 Å². The SMILES string of the molecule is O=C1c2ccccc2O[C@H]2C[C@@H]1[C@](O)(c1ccccc1)C2. The van der Waals surface area contributed by atoms with Crippen molar-refractivity contribution in [2.24, 2.45) is 5.92 Å². The predicted molar refractivity (Wildman–Crippen MR) is 78.3 cm³/mol. The van der Waals surface area contributed by atoms with E-state index in [2.05, 4.69) is 0 Å². The third-order valence-corrected chi connectivity index (χ3v) is 4.65. The highest BCUT2D eigenvalue weighted by molar-refractivity contribution is 6.01. The first kappa shape index (κ1) is 12.6. The fraction of sp³-hybridized carbons (Fsp3) is 0.278. The van der Waals surface area contributed by atoms with Crippen LogP contribution in [0, 0.1) is 5.92 Å². The van der Waals surface area contributed by atoms with Crippen LogP contribution in [0.5, 0.6) is 5.75 Å². The van der Waals surface area contributed by atoms with Gasteiger partial charge < -0.3 is 9.84 Å². The summed E-state index contributed by atoms with van der Waals surface area (Å²) in [5, 5.41) is 11.2. The van der Waals surface area contributed by atoms with Gasteiger partial charge in [-0.2, -0.15) is 0 Å². The Morgan fingerprint density at radius 3 is 2.57 bits per heavy atom. The molecule has 1 aliphatic carbocycles. The highest BCUT2D eigenvalue weighted by Crippen LogP contribution is 2.49. The minimum absolute atomic E-state index is 0.0167. The van der Waals surface area contributed by atoms with E-state index in [4.69, 9.17) is 4.74 Å². The fourth-order valence-corrected chi connectivity index (χ4v) is 3.63. The maximum absolute atomic E-state index is 12.8. The Kier molecular flexibility index (Phi) is 2.66. The van der Waals surface area contributed by atoms with Crippen molar-refractivity contribution in [1.29, 1.82) is 0 Å². The van der Waals surface area contributed by atoms with Crippen LogP contribution in [0.1, 0.15) is 28.8 Å². The van der Waals surface area contributed by atoms with E-state index < -0.39 is 11.5 Å². The Labute approximate surface area is 123 Å². The highest BCUT2D eigenvalue weighted by Gasteiger charge is 2.53. The Morgan fingerprint density at radius 2 is 1.76 bits per heavy atom. The summed E-state index contributed by atoms with van der Waals surface area (Å²) in [5.74, 6) is 0.190. The van der Waals surface area contributed by atoms with E-state index >= 15 is 0 Å². The van der Waals surface area contributed by atoms with Crippen molar-refractivity contribution in [3.63, 3.8) is 0 Å². The largest absolute Gasteiger partial charge is 0.490 e. The number of aliphatic hydroxyl groups is 1. The first-order chi connectivity index (χ1) is 10.2. The second-order valence-corrected chi connectivity index (χ2v) is 5.88. The summed E-state index contributed by atoms with van der Waals surface area (Å²) in [6, 6.07) is 16.8. The normalized spacial score (nSPS) is 30.4. The lowest BCUT2D eigenvalue weighted by atomic mass is 9.79. The number of carbonyl (C=O) groups is 1. The molecule has 0 unspecified atom stereocenters. The molecule has 21 heavy (non-hydrogen) atoms. The lowest BCUT2D eigenvalue weighted by molar-refractivity contribution is -0.00368. The van der Waals surface area contributed by atoms with Gasteiger partial charge in [-0.3, -0.25) is 4.79 Å². The number of carbonyl (C=O) groups excluding carboxylic acids is 1. The van der Waals surface area contributed by atoms with E-state index in [1.54, 1.807) is 6.07 Å². The van der Waals surface area contributed by atoms with Crippen molar-refractivity contribution in [3.05, 3.63) is 65.7 Å². The van der Waals surface area contributed by atoms with E-state index in [0.717, 1.165) is 5.56 Å². The first-order valence-electron chi connectivity index (χ1n) is 7.26. The number of Topliss-reactive ketones (excluding diaryl/α,β-unsaturated/α-hetero) is 1. The molecule has 1 N–H and O–H groups in total. The molecule has 3 heteroatoms. The molecule has 4 rings (SSSR count). The van der Waals surface area contributed by atoms with Crippen molar-refractivity contribution < 1.29 is 14.6 Å². The Balaban J connectivity index is 1.82. The zero-order chi connectivity index (χ0) is 14.4. The van der Waals surface area contributed by atoms with Crippen LogP contribution in [-0.2, 0) is 5.60 Å². The lowest BCUT2D eigenvalue weighted by Gasteiger charge is -2.31. The predicted octanol–water partition coefficient (Wildman–Crippen LogP) is 2.93. The Morgan fingerprint density at radius 1 is 1.05 bits per heavy atom. The van der Waals surface area contributed by atoms with Gasteiger partial charge in [0.1, 0.15) is 17.5 Å². The van der Waals surface area contributed by atoms with Crippen LogP contribution in [0.25, 0.3) is 0 Å². The lowest BCUT2D eigenvalue weighted by Crippen LogP contribution is -2.36. The van der Waals surface area contributed by atoms with Crippen LogP contribution in [0.3, 0.4) is 0 Å². The van der Waals surface area contributed by atoms with Crippen molar-refractivity contribution >= 4 is 5.78 Å².